The van der Waals surface area contributed by atoms with Gasteiger partial charge in [0.15, 0.2) is 11.4 Å². The van der Waals surface area contributed by atoms with Crippen LogP contribution in [0, 0.1) is 5.82 Å². The Balaban J connectivity index is 2.22. The minimum atomic E-state index is -0.292. The maximum Gasteiger partial charge on any atom is 0.169 e. The average molecular weight is 295 g/mol. The van der Waals surface area contributed by atoms with E-state index in [1.54, 1.807) is 6.07 Å². The molecule has 2 rings (SSSR count). The number of hydrogen-bond donors (Lipinski definition) is 1. The van der Waals surface area contributed by atoms with Crippen molar-refractivity contribution in [3.05, 3.63) is 35.8 Å². The van der Waals surface area contributed by atoms with Gasteiger partial charge in [-0.3, -0.25) is 0 Å². The number of fused-ring (bicyclic) bond motifs is 1. The second kappa shape index (κ2) is 7.14. The summed E-state index contributed by atoms with van der Waals surface area (Å²) in [7, 11) is 0. The molecule has 0 fully saturated rings. The molecule has 0 aliphatic rings. The lowest BCUT2D eigenvalue weighted by molar-refractivity contribution is 0.447. The molecule has 4 heteroatoms. The van der Waals surface area contributed by atoms with Gasteiger partial charge in [-0.1, -0.05) is 32.9 Å². The standard InChI is InChI=1S/C16H22FNOS/c1-4-8-18-14(10-20-11(2)3)15-9-12-6-5-7-13(17)16(12)19-15/h5-7,9,11,14,18H,4,8,10H2,1-3H3. The molecule has 0 bridgehead atoms. The van der Waals surface area contributed by atoms with Crippen LogP contribution in [0.25, 0.3) is 11.0 Å². The number of para-hydroxylation sites is 1. The molecule has 0 saturated heterocycles. The Labute approximate surface area is 124 Å². The zero-order chi connectivity index (χ0) is 14.5. The molecule has 0 aliphatic carbocycles. The summed E-state index contributed by atoms with van der Waals surface area (Å²) in [6, 6.07) is 7.13. The predicted octanol–water partition coefficient (Wildman–Crippen LogP) is 4.75. The summed E-state index contributed by atoms with van der Waals surface area (Å²) >= 11 is 1.88. The van der Waals surface area contributed by atoms with E-state index in [2.05, 4.69) is 26.1 Å². The minimum Gasteiger partial charge on any atom is -0.456 e. The van der Waals surface area contributed by atoms with Gasteiger partial charge in [0, 0.05) is 11.1 Å². The van der Waals surface area contributed by atoms with E-state index >= 15 is 0 Å². The molecule has 1 atom stereocenters. The second-order valence-electron chi connectivity index (χ2n) is 5.20. The fourth-order valence-corrected chi connectivity index (χ4v) is 2.93. The largest absolute Gasteiger partial charge is 0.456 e. The highest BCUT2D eigenvalue weighted by molar-refractivity contribution is 7.99. The first-order valence-corrected chi connectivity index (χ1v) is 8.19. The molecule has 1 N–H and O–H groups in total. The summed E-state index contributed by atoms with van der Waals surface area (Å²) in [5.74, 6) is 1.46. The van der Waals surface area contributed by atoms with Gasteiger partial charge in [0.05, 0.1) is 6.04 Å². The van der Waals surface area contributed by atoms with Crippen LogP contribution in [0.4, 0.5) is 4.39 Å². The molecule has 0 aliphatic heterocycles. The highest BCUT2D eigenvalue weighted by Gasteiger charge is 2.17. The molecule has 1 aromatic heterocycles. The van der Waals surface area contributed by atoms with E-state index in [1.807, 2.05) is 23.9 Å². The topological polar surface area (TPSA) is 25.2 Å². The highest BCUT2D eigenvalue weighted by atomic mass is 32.2. The van der Waals surface area contributed by atoms with Crippen molar-refractivity contribution in [1.29, 1.82) is 0 Å². The molecule has 1 aromatic carbocycles. The van der Waals surface area contributed by atoms with Gasteiger partial charge < -0.3 is 9.73 Å². The van der Waals surface area contributed by atoms with Gasteiger partial charge in [-0.25, -0.2) is 4.39 Å². The molecule has 0 saturated carbocycles. The lowest BCUT2D eigenvalue weighted by atomic mass is 10.2. The van der Waals surface area contributed by atoms with Crippen LogP contribution in [0.1, 0.15) is 39.0 Å². The van der Waals surface area contributed by atoms with Crippen LogP contribution in [0.15, 0.2) is 28.7 Å². The lowest BCUT2D eigenvalue weighted by Gasteiger charge is -2.17. The summed E-state index contributed by atoms with van der Waals surface area (Å²) in [5, 5.41) is 4.89. The number of halogens is 1. The van der Waals surface area contributed by atoms with Gasteiger partial charge in [0.25, 0.3) is 0 Å². The van der Waals surface area contributed by atoms with Crippen molar-refractivity contribution < 1.29 is 8.81 Å². The molecule has 0 radical (unpaired) electrons. The highest BCUT2D eigenvalue weighted by Crippen LogP contribution is 2.28. The molecule has 2 aromatic rings. The first-order chi connectivity index (χ1) is 9.61. The summed E-state index contributed by atoms with van der Waals surface area (Å²) in [4.78, 5) is 0. The Bertz CT molecular complexity index is 552. The third-order valence-electron chi connectivity index (χ3n) is 3.10. The second-order valence-corrected chi connectivity index (χ2v) is 6.81. The SMILES string of the molecule is CCCNC(CSC(C)C)c1cc2cccc(F)c2o1. The average Bonchev–Trinajstić information content (AvgIpc) is 2.84. The zero-order valence-electron chi connectivity index (χ0n) is 12.3. The van der Waals surface area contributed by atoms with Crippen molar-refractivity contribution in [1.82, 2.24) is 5.32 Å². The van der Waals surface area contributed by atoms with Crippen LogP contribution in [0.2, 0.25) is 0 Å². The quantitative estimate of drug-likeness (QED) is 0.797. The van der Waals surface area contributed by atoms with Crippen LogP contribution in [-0.4, -0.2) is 17.5 Å². The third kappa shape index (κ3) is 3.76. The molecule has 20 heavy (non-hydrogen) atoms. The van der Waals surface area contributed by atoms with Crippen molar-refractivity contribution in [2.24, 2.45) is 0 Å². The van der Waals surface area contributed by atoms with Gasteiger partial charge in [0.2, 0.25) is 0 Å². The molecular formula is C16H22FNOS. The van der Waals surface area contributed by atoms with Gasteiger partial charge in [-0.2, -0.15) is 11.8 Å². The first-order valence-electron chi connectivity index (χ1n) is 7.14. The molecule has 0 amide bonds. The van der Waals surface area contributed by atoms with Crippen LogP contribution in [-0.2, 0) is 0 Å². The maximum absolute atomic E-state index is 13.7. The Morgan fingerprint density at radius 2 is 2.15 bits per heavy atom. The van der Waals surface area contributed by atoms with E-state index in [0.29, 0.717) is 10.8 Å². The lowest BCUT2D eigenvalue weighted by Crippen LogP contribution is -2.24. The minimum absolute atomic E-state index is 0.133. The fourth-order valence-electron chi connectivity index (χ4n) is 2.07. The predicted molar refractivity (Wildman–Crippen MR) is 84.8 cm³/mol. The van der Waals surface area contributed by atoms with Crippen molar-refractivity contribution in [3.63, 3.8) is 0 Å². The number of rotatable bonds is 7. The van der Waals surface area contributed by atoms with Crippen LogP contribution in [0.3, 0.4) is 0 Å². The van der Waals surface area contributed by atoms with E-state index < -0.39 is 0 Å². The van der Waals surface area contributed by atoms with E-state index in [1.165, 1.54) is 6.07 Å². The van der Waals surface area contributed by atoms with Gasteiger partial charge >= 0.3 is 0 Å². The molecular weight excluding hydrogens is 273 g/mol. The Morgan fingerprint density at radius 1 is 1.35 bits per heavy atom. The fraction of sp³-hybridized carbons (Fsp3) is 0.500. The van der Waals surface area contributed by atoms with Crippen LogP contribution in [0.5, 0.6) is 0 Å². The summed E-state index contributed by atoms with van der Waals surface area (Å²) < 4.78 is 19.4. The summed E-state index contributed by atoms with van der Waals surface area (Å²) in [5.41, 5.74) is 0.361. The van der Waals surface area contributed by atoms with Crippen molar-refractivity contribution in [2.75, 3.05) is 12.3 Å². The molecule has 2 nitrogen and oxygen atoms in total. The van der Waals surface area contributed by atoms with Gasteiger partial charge in [-0.05, 0) is 30.3 Å². The van der Waals surface area contributed by atoms with Crippen molar-refractivity contribution >= 4 is 22.7 Å². The Morgan fingerprint density at radius 3 is 2.80 bits per heavy atom. The summed E-state index contributed by atoms with van der Waals surface area (Å²) in [6.07, 6.45) is 1.07. The zero-order valence-corrected chi connectivity index (χ0v) is 13.1. The number of nitrogens with one attached hydrogen (secondary N) is 1. The maximum atomic E-state index is 13.7. The van der Waals surface area contributed by atoms with E-state index in [0.717, 1.165) is 29.9 Å². The van der Waals surface area contributed by atoms with E-state index in [-0.39, 0.29) is 11.9 Å². The molecule has 110 valence electrons. The van der Waals surface area contributed by atoms with E-state index in [9.17, 15) is 4.39 Å². The molecule has 0 spiro atoms. The summed E-state index contributed by atoms with van der Waals surface area (Å²) in [6.45, 7) is 7.43. The number of furan rings is 1. The number of benzene rings is 1. The van der Waals surface area contributed by atoms with E-state index in [4.69, 9.17) is 4.42 Å². The first kappa shape index (κ1) is 15.4. The number of hydrogen-bond acceptors (Lipinski definition) is 3. The van der Waals surface area contributed by atoms with Crippen molar-refractivity contribution in [2.45, 2.75) is 38.5 Å². The van der Waals surface area contributed by atoms with Crippen molar-refractivity contribution in [3.8, 4) is 0 Å². The number of thioether (sulfide) groups is 1. The van der Waals surface area contributed by atoms with Crippen LogP contribution >= 0.6 is 11.8 Å². The monoisotopic (exact) mass is 295 g/mol. The van der Waals surface area contributed by atoms with Crippen LogP contribution < -0.4 is 5.32 Å². The van der Waals surface area contributed by atoms with Gasteiger partial charge in [0.1, 0.15) is 5.76 Å². The molecule has 1 unspecified atom stereocenters. The normalized spacial score (nSPS) is 13.2. The Kier molecular flexibility index (Phi) is 5.49. The molecule has 1 heterocycles. The Hall–Kier alpha value is -1.00. The van der Waals surface area contributed by atoms with Gasteiger partial charge in [-0.15, -0.1) is 0 Å². The smallest absolute Gasteiger partial charge is 0.169 e. The third-order valence-corrected chi connectivity index (χ3v) is 4.29.